The summed E-state index contributed by atoms with van der Waals surface area (Å²) in [5, 5.41) is 15.4. The monoisotopic (exact) mass is 292 g/mol. The molecule has 0 bridgehead atoms. The highest BCUT2D eigenvalue weighted by Gasteiger charge is 2.19. The van der Waals surface area contributed by atoms with Crippen LogP contribution in [0, 0.1) is 0 Å². The Kier molecular flexibility index (Phi) is 4.24. The third-order valence-corrected chi connectivity index (χ3v) is 3.76. The van der Waals surface area contributed by atoms with E-state index in [0.29, 0.717) is 0 Å². The molecule has 0 aliphatic heterocycles. The van der Waals surface area contributed by atoms with Gasteiger partial charge in [-0.05, 0) is 30.5 Å². The summed E-state index contributed by atoms with van der Waals surface area (Å²) in [5.74, 6) is 0.212. The molecular formula is C19H20N2O. The normalized spacial score (nSPS) is 10.8. The standard InChI is InChI=1S/C19H20N2O/c1-2-3-14-17-18(15-10-6-4-7-11-15)19(22)21(20-17)16-12-8-5-9-13-16/h4-13,22H,2-3,14H2,1H3. The van der Waals surface area contributed by atoms with Crippen LogP contribution in [0.1, 0.15) is 25.5 Å². The van der Waals surface area contributed by atoms with Gasteiger partial charge in [0.1, 0.15) is 0 Å². The first-order valence-electron chi connectivity index (χ1n) is 7.73. The summed E-state index contributed by atoms with van der Waals surface area (Å²) in [7, 11) is 0. The molecule has 0 fully saturated rings. The smallest absolute Gasteiger partial charge is 0.222 e. The number of para-hydroxylation sites is 1. The molecule has 0 aliphatic carbocycles. The first-order chi connectivity index (χ1) is 10.8. The van der Waals surface area contributed by atoms with Gasteiger partial charge in [0.15, 0.2) is 0 Å². The van der Waals surface area contributed by atoms with Gasteiger partial charge >= 0.3 is 0 Å². The average molecular weight is 292 g/mol. The Morgan fingerprint density at radius 1 is 0.955 bits per heavy atom. The van der Waals surface area contributed by atoms with Gasteiger partial charge in [0.05, 0.1) is 16.9 Å². The minimum Gasteiger partial charge on any atom is -0.493 e. The first kappa shape index (κ1) is 14.4. The molecule has 0 amide bonds. The van der Waals surface area contributed by atoms with Crippen molar-refractivity contribution in [2.24, 2.45) is 0 Å². The van der Waals surface area contributed by atoms with Gasteiger partial charge in [-0.2, -0.15) is 5.10 Å². The third kappa shape index (κ3) is 2.75. The zero-order chi connectivity index (χ0) is 15.4. The van der Waals surface area contributed by atoms with E-state index in [4.69, 9.17) is 0 Å². The second-order valence-electron chi connectivity index (χ2n) is 5.36. The topological polar surface area (TPSA) is 38.0 Å². The van der Waals surface area contributed by atoms with Crippen LogP contribution in [0.4, 0.5) is 0 Å². The lowest BCUT2D eigenvalue weighted by Crippen LogP contribution is -1.96. The number of aromatic hydroxyl groups is 1. The fourth-order valence-corrected chi connectivity index (χ4v) is 2.62. The molecule has 2 aromatic carbocycles. The van der Waals surface area contributed by atoms with E-state index in [1.807, 2.05) is 60.7 Å². The Morgan fingerprint density at radius 3 is 2.23 bits per heavy atom. The summed E-state index contributed by atoms with van der Waals surface area (Å²) in [4.78, 5) is 0. The highest BCUT2D eigenvalue weighted by molar-refractivity contribution is 5.72. The molecule has 3 rings (SSSR count). The van der Waals surface area contributed by atoms with Crippen molar-refractivity contribution in [2.45, 2.75) is 26.2 Å². The van der Waals surface area contributed by atoms with E-state index in [1.54, 1.807) is 4.68 Å². The molecule has 112 valence electrons. The van der Waals surface area contributed by atoms with Crippen molar-refractivity contribution in [1.82, 2.24) is 9.78 Å². The van der Waals surface area contributed by atoms with Gasteiger partial charge in [-0.3, -0.25) is 0 Å². The molecule has 3 heteroatoms. The van der Waals surface area contributed by atoms with Crippen LogP contribution >= 0.6 is 0 Å². The fourth-order valence-electron chi connectivity index (χ4n) is 2.62. The molecule has 1 N–H and O–H groups in total. The predicted molar refractivity (Wildman–Crippen MR) is 89.3 cm³/mol. The summed E-state index contributed by atoms with van der Waals surface area (Å²) in [5.41, 5.74) is 3.68. The fraction of sp³-hybridized carbons (Fsp3) is 0.211. The van der Waals surface area contributed by atoms with Crippen molar-refractivity contribution >= 4 is 0 Å². The summed E-state index contributed by atoms with van der Waals surface area (Å²) in [6.45, 7) is 2.16. The van der Waals surface area contributed by atoms with Crippen LogP contribution in [-0.2, 0) is 6.42 Å². The third-order valence-electron chi connectivity index (χ3n) is 3.76. The molecule has 1 aromatic heterocycles. The maximum atomic E-state index is 10.7. The van der Waals surface area contributed by atoms with Gasteiger partial charge in [-0.25, -0.2) is 4.68 Å². The molecule has 3 aromatic rings. The van der Waals surface area contributed by atoms with Crippen molar-refractivity contribution < 1.29 is 5.11 Å². The molecule has 0 atom stereocenters. The van der Waals surface area contributed by atoms with E-state index in [0.717, 1.165) is 41.8 Å². The lowest BCUT2D eigenvalue weighted by Gasteiger charge is -2.04. The van der Waals surface area contributed by atoms with Crippen LogP contribution in [-0.4, -0.2) is 14.9 Å². The lowest BCUT2D eigenvalue weighted by molar-refractivity contribution is 0.435. The van der Waals surface area contributed by atoms with Crippen LogP contribution in [0.15, 0.2) is 60.7 Å². The van der Waals surface area contributed by atoms with E-state index >= 15 is 0 Å². The van der Waals surface area contributed by atoms with Crippen molar-refractivity contribution in [3.8, 4) is 22.7 Å². The summed E-state index contributed by atoms with van der Waals surface area (Å²) in [6, 6.07) is 19.7. The lowest BCUT2D eigenvalue weighted by atomic mass is 10.0. The number of unbranched alkanes of at least 4 members (excludes halogenated alkanes) is 1. The number of aryl methyl sites for hydroxylation is 1. The first-order valence-corrected chi connectivity index (χ1v) is 7.73. The van der Waals surface area contributed by atoms with Gasteiger partial charge in [-0.1, -0.05) is 61.9 Å². The maximum absolute atomic E-state index is 10.7. The van der Waals surface area contributed by atoms with Crippen LogP contribution in [0.2, 0.25) is 0 Å². The van der Waals surface area contributed by atoms with Crippen LogP contribution in [0.5, 0.6) is 5.88 Å². The van der Waals surface area contributed by atoms with E-state index in [-0.39, 0.29) is 5.88 Å². The molecule has 0 radical (unpaired) electrons. The van der Waals surface area contributed by atoms with Crippen molar-refractivity contribution in [2.75, 3.05) is 0 Å². The largest absolute Gasteiger partial charge is 0.493 e. The maximum Gasteiger partial charge on any atom is 0.222 e. The second-order valence-corrected chi connectivity index (χ2v) is 5.36. The molecule has 0 saturated carbocycles. The number of aromatic nitrogens is 2. The number of benzene rings is 2. The van der Waals surface area contributed by atoms with Gasteiger partial charge in [0, 0.05) is 0 Å². The number of nitrogens with zero attached hydrogens (tertiary/aromatic N) is 2. The van der Waals surface area contributed by atoms with Crippen LogP contribution in [0.25, 0.3) is 16.8 Å². The number of hydrogen-bond acceptors (Lipinski definition) is 2. The summed E-state index contributed by atoms with van der Waals surface area (Å²) < 4.78 is 1.63. The van der Waals surface area contributed by atoms with E-state index in [9.17, 15) is 5.11 Å². The predicted octanol–water partition coefficient (Wildman–Crippen LogP) is 4.59. The highest BCUT2D eigenvalue weighted by atomic mass is 16.3. The van der Waals surface area contributed by atoms with Gasteiger partial charge in [0.25, 0.3) is 0 Å². The summed E-state index contributed by atoms with van der Waals surface area (Å²) >= 11 is 0. The Bertz CT molecular complexity index is 733. The molecular weight excluding hydrogens is 272 g/mol. The molecule has 22 heavy (non-hydrogen) atoms. The summed E-state index contributed by atoms with van der Waals surface area (Å²) in [6.07, 6.45) is 3.03. The van der Waals surface area contributed by atoms with Gasteiger partial charge < -0.3 is 5.11 Å². The van der Waals surface area contributed by atoms with Crippen molar-refractivity contribution in [1.29, 1.82) is 0 Å². The zero-order valence-electron chi connectivity index (χ0n) is 12.7. The zero-order valence-corrected chi connectivity index (χ0v) is 12.7. The van der Waals surface area contributed by atoms with Crippen LogP contribution < -0.4 is 0 Å². The minimum atomic E-state index is 0.212. The van der Waals surface area contributed by atoms with E-state index in [2.05, 4.69) is 12.0 Å². The Hall–Kier alpha value is -2.55. The number of rotatable bonds is 5. The van der Waals surface area contributed by atoms with Gasteiger partial charge in [0.2, 0.25) is 5.88 Å². The Balaban J connectivity index is 2.13. The van der Waals surface area contributed by atoms with Crippen molar-refractivity contribution in [3.05, 3.63) is 66.4 Å². The second kappa shape index (κ2) is 6.48. The quantitative estimate of drug-likeness (QED) is 0.747. The molecule has 1 heterocycles. The Labute approximate surface area is 130 Å². The molecule has 0 saturated heterocycles. The van der Waals surface area contributed by atoms with Crippen LogP contribution in [0.3, 0.4) is 0 Å². The SMILES string of the molecule is CCCCc1nn(-c2ccccc2)c(O)c1-c1ccccc1. The van der Waals surface area contributed by atoms with Gasteiger partial charge in [-0.15, -0.1) is 0 Å². The molecule has 0 unspecified atom stereocenters. The Morgan fingerprint density at radius 2 is 1.59 bits per heavy atom. The molecule has 3 nitrogen and oxygen atoms in total. The van der Waals surface area contributed by atoms with E-state index in [1.165, 1.54) is 0 Å². The minimum absolute atomic E-state index is 0.212. The van der Waals surface area contributed by atoms with E-state index < -0.39 is 0 Å². The molecule has 0 spiro atoms. The molecule has 0 aliphatic rings. The highest BCUT2D eigenvalue weighted by Crippen LogP contribution is 2.35. The average Bonchev–Trinajstić information content (AvgIpc) is 2.91. The number of hydrogen-bond donors (Lipinski definition) is 1. The van der Waals surface area contributed by atoms with Crippen molar-refractivity contribution in [3.63, 3.8) is 0 Å².